The third kappa shape index (κ3) is 4.76. The molecule has 1 saturated carbocycles. The summed E-state index contributed by atoms with van der Waals surface area (Å²) < 4.78 is 54.3. The summed E-state index contributed by atoms with van der Waals surface area (Å²) in [7, 11) is 0. The predicted octanol–water partition coefficient (Wildman–Crippen LogP) is 5.09. The highest BCUT2D eigenvalue weighted by molar-refractivity contribution is 6.32. The number of para-hydroxylation sites is 1. The molecule has 11 heteroatoms. The van der Waals surface area contributed by atoms with Crippen molar-refractivity contribution < 1.29 is 32.2 Å². The highest BCUT2D eigenvalue weighted by Gasteiger charge is 2.65. The van der Waals surface area contributed by atoms with Crippen LogP contribution >= 0.6 is 11.6 Å². The van der Waals surface area contributed by atoms with Gasteiger partial charge in [0, 0.05) is 29.3 Å². The third-order valence-corrected chi connectivity index (χ3v) is 7.48. The molecule has 2 heterocycles. The smallest absolute Gasteiger partial charge is 0.417 e. The Morgan fingerprint density at radius 1 is 1.25 bits per heavy atom. The third-order valence-electron chi connectivity index (χ3n) is 7.18. The average Bonchev–Trinajstić information content (AvgIpc) is 3.06. The molecule has 4 atom stereocenters. The quantitative estimate of drug-likeness (QED) is 0.547. The Hall–Kier alpha value is -2.85. The van der Waals surface area contributed by atoms with E-state index in [0.29, 0.717) is 11.5 Å². The lowest BCUT2D eigenvalue weighted by molar-refractivity contribution is -0.272. The number of ether oxygens (including phenoxy) is 2. The maximum Gasteiger partial charge on any atom is 0.417 e. The molecular weight excluding hydrogens is 499 g/mol. The van der Waals surface area contributed by atoms with Gasteiger partial charge in [0.15, 0.2) is 5.60 Å². The predicted molar refractivity (Wildman–Crippen MR) is 127 cm³/mol. The van der Waals surface area contributed by atoms with E-state index in [0.717, 1.165) is 19.8 Å². The van der Waals surface area contributed by atoms with Crippen molar-refractivity contribution >= 4 is 29.1 Å². The molecular formula is C25H27ClF3N3O4. The lowest BCUT2D eigenvalue weighted by Crippen LogP contribution is -2.47. The van der Waals surface area contributed by atoms with Gasteiger partial charge in [0.05, 0.1) is 11.1 Å². The van der Waals surface area contributed by atoms with Crippen LogP contribution in [0.4, 0.5) is 18.9 Å². The Kier molecular flexibility index (Phi) is 6.96. The van der Waals surface area contributed by atoms with E-state index in [1.165, 1.54) is 25.3 Å². The van der Waals surface area contributed by atoms with Crippen molar-refractivity contribution in [2.45, 2.75) is 63.5 Å². The molecule has 1 aromatic carbocycles. The molecule has 2 aliphatic rings. The number of nitrogens with zero attached hydrogens (tertiary/aromatic N) is 1. The van der Waals surface area contributed by atoms with Crippen molar-refractivity contribution in [1.29, 1.82) is 0 Å². The molecule has 4 rings (SSSR count). The number of carbonyl (C=O) groups excluding carboxylic acids is 2. The normalized spacial score (nSPS) is 29.9. The fourth-order valence-corrected chi connectivity index (χ4v) is 5.11. The van der Waals surface area contributed by atoms with Gasteiger partial charge in [-0.15, -0.1) is 0 Å². The summed E-state index contributed by atoms with van der Waals surface area (Å²) in [6.45, 7) is 4.42. The first kappa shape index (κ1) is 26.2. The molecule has 194 valence electrons. The number of nitrogens with two attached hydrogens (primary N) is 1. The van der Waals surface area contributed by atoms with Crippen LogP contribution in [0.15, 0.2) is 36.5 Å². The summed E-state index contributed by atoms with van der Waals surface area (Å²) in [5.74, 6) is -3.07. The number of benzene rings is 1. The highest BCUT2D eigenvalue weighted by Crippen LogP contribution is 2.55. The van der Waals surface area contributed by atoms with Gasteiger partial charge in [0.1, 0.15) is 17.5 Å². The zero-order chi connectivity index (χ0) is 26.4. The number of halogens is 4. The number of alkyl halides is 3. The molecule has 7 nitrogen and oxygen atoms in total. The van der Waals surface area contributed by atoms with Crippen LogP contribution in [-0.4, -0.2) is 40.8 Å². The summed E-state index contributed by atoms with van der Waals surface area (Å²) in [5, 5.41) is 2.79. The minimum atomic E-state index is -4.75. The van der Waals surface area contributed by atoms with Crippen molar-refractivity contribution in [2.75, 3.05) is 5.32 Å². The lowest BCUT2D eigenvalue weighted by Gasteiger charge is -2.35. The zero-order valence-electron chi connectivity index (χ0n) is 19.9. The number of rotatable bonds is 6. The number of hydrogen-bond acceptors (Lipinski definition) is 5. The molecule has 3 N–H and O–H groups in total. The van der Waals surface area contributed by atoms with Crippen LogP contribution in [0.3, 0.4) is 0 Å². The van der Waals surface area contributed by atoms with E-state index in [9.17, 15) is 22.8 Å². The minimum Gasteiger partial charge on any atom is -0.489 e. The van der Waals surface area contributed by atoms with Gasteiger partial charge in [-0.3, -0.25) is 14.6 Å². The largest absolute Gasteiger partial charge is 0.489 e. The zero-order valence-corrected chi connectivity index (χ0v) is 20.7. The molecule has 0 spiro atoms. The van der Waals surface area contributed by atoms with Crippen LogP contribution in [0.25, 0.3) is 0 Å². The van der Waals surface area contributed by atoms with Crippen molar-refractivity contribution in [1.82, 2.24) is 4.98 Å². The summed E-state index contributed by atoms with van der Waals surface area (Å²) in [6, 6.07) is 7.46. The van der Waals surface area contributed by atoms with Crippen LogP contribution in [0.5, 0.6) is 5.75 Å². The van der Waals surface area contributed by atoms with Gasteiger partial charge >= 0.3 is 6.18 Å². The fraction of sp³-hybridized carbons (Fsp3) is 0.480. The Bertz CT molecular complexity index is 1170. The Morgan fingerprint density at radius 2 is 1.94 bits per heavy atom. The van der Waals surface area contributed by atoms with Crippen molar-refractivity contribution in [2.24, 2.45) is 17.6 Å². The molecule has 1 aliphatic heterocycles. The second-order valence-corrected chi connectivity index (χ2v) is 10.1. The van der Waals surface area contributed by atoms with E-state index in [1.54, 1.807) is 18.2 Å². The van der Waals surface area contributed by atoms with E-state index in [1.807, 2.05) is 0 Å². The number of primary amides is 1. The molecule has 0 unspecified atom stereocenters. The second kappa shape index (κ2) is 9.55. The SMILES string of the molecule is C[C@H]1[C@@H](c2cccc(Cl)c2O[C@H]2C[C@@H](C)C2)[C@H](C(=O)Nc2ccnc(C(N)=O)c2)O[C@@]1(C)C(F)(F)F. The van der Waals surface area contributed by atoms with Crippen LogP contribution in [0.2, 0.25) is 5.02 Å². The van der Waals surface area contributed by atoms with Crippen LogP contribution in [0.1, 0.15) is 55.6 Å². The second-order valence-electron chi connectivity index (χ2n) is 9.72. The lowest BCUT2D eigenvalue weighted by atomic mass is 9.76. The summed E-state index contributed by atoms with van der Waals surface area (Å²) in [5.41, 5.74) is 3.04. The van der Waals surface area contributed by atoms with Crippen molar-refractivity contribution in [3.8, 4) is 5.75 Å². The molecule has 1 aliphatic carbocycles. The topological polar surface area (TPSA) is 104 Å². The molecule has 2 amide bonds. The number of carbonyl (C=O) groups is 2. The highest BCUT2D eigenvalue weighted by atomic mass is 35.5. The van der Waals surface area contributed by atoms with Gasteiger partial charge < -0.3 is 20.5 Å². The first-order valence-corrected chi connectivity index (χ1v) is 12.0. The van der Waals surface area contributed by atoms with E-state index in [4.69, 9.17) is 26.8 Å². The maximum atomic E-state index is 14.2. The van der Waals surface area contributed by atoms with E-state index >= 15 is 0 Å². The monoisotopic (exact) mass is 525 g/mol. The van der Waals surface area contributed by atoms with E-state index in [2.05, 4.69) is 17.2 Å². The Balaban J connectivity index is 1.73. The van der Waals surface area contributed by atoms with Gasteiger partial charge in [0.2, 0.25) is 0 Å². The standard InChI is InChI=1S/C25H27ClF3N3O4/c1-12-9-15(10-12)35-20-16(5-4-6-17(20)26)19-13(2)24(3,25(27,28)29)36-21(19)23(34)32-14-7-8-31-18(11-14)22(30)33/h4-8,11-13,15,19,21H,9-10H2,1-3H3,(H2,30,33)(H,31,32,34)/t12-,13-,15+,19-,21+,24+/m0/s1. The first-order chi connectivity index (χ1) is 16.8. The number of anilines is 1. The first-order valence-electron chi connectivity index (χ1n) is 11.6. The number of nitrogens with one attached hydrogen (secondary N) is 1. The van der Waals surface area contributed by atoms with Crippen LogP contribution in [-0.2, 0) is 9.53 Å². The van der Waals surface area contributed by atoms with Crippen LogP contribution in [0, 0.1) is 11.8 Å². The molecule has 0 bridgehead atoms. The molecule has 1 aromatic heterocycles. The van der Waals surface area contributed by atoms with Crippen molar-refractivity contribution in [3.63, 3.8) is 0 Å². The van der Waals surface area contributed by atoms with E-state index in [-0.39, 0.29) is 28.3 Å². The average molecular weight is 526 g/mol. The van der Waals surface area contributed by atoms with Gasteiger partial charge in [0.25, 0.3) is 11.8 Å². The van der Waals surface area contributed by atoms with Gasteiger partial charge in [-0.05, 0) is 43.9 Å². The van der Waals surface area contributed by atoms with Gasteiger partial charge in [-0.25, -0.2) is 0 Å². The number of aromatic nitrogens is 1. The number of amides is 2. The van der Waals surface area contributed by atoms with Gasteiger partial charge in [-0.2, -0.15) is 13.2 Å². The minimum absolute atomic E-state index is 0.106. The number of pyridine rings is 1. The Morgan fingerprint density at radius 3 is 2.56 bits per heavy atom. The molecule has 0 radical (unpaired) electrons. The van der Waals surface area contributed by atoms with Gasteiger partial charge in [-0.1, -0.05) is 37.6 Å². The van der Waals surface area contributed by atoms with Crippen molar-refractivity contribution in [3.05, 3.63) is 52.8 Å². The maximum absolute atomic E-state index is 14.2. The van der Waals surface area contributed by atoms with Crippen LogP contribution < -0.4 is 15.8 Å². The summed E-state index contributed by atoms with van der Waals surface area (Å²) in [4.78, 5) is 28.6. The fourth-order valence-electron chi connectivity index (χ4n) is 4.88. The van der Waals surface area contributed by atoms with E-state index < -0.39 is 41.5 Å². The summed E-state index contributed by atoms with van der Waals surface area (Å²) >= 11 is 6.44. The molecule has 36 heavy (non-hydrogen) atoms. The summed E-state index contributed by atoms with van der Waals surface area (Å²) in [6.07, 6.45) is -3.53. The molecule has 2 fully saturated rings. The Labute approximate surface area is 211 Å². The molecule has 1 saturated heterocycles. The molecule has 2 aromatic rings. The number of hydrogen-bond donors (Lipinski definition) is 2.